The fourth-order valence-electron chi connectivity index (χ4n) is 6.04. The van der Waals surface area contributed by atoms with Gasteiger partial charge in [-0.3, -0.25) is 4.57 Å². The van der Waals surface area contributed by atoms with Crippen molar-refractivity contribution in [1.29, 1.82) is 0 Å². The van der Waals surface area contributed by atoms with Gasteiger partial charge in [0.2, 0.25) is 5.71 Å². The van der Waals surface area contributed by atoms with Crippen LogP contribution < -0.4 is 0 Å². The molecule has 0 unspecified atom stereocenters. The second-order valence-corrected chi connectivity index (χ2v) is 12.1. The zero-order valence-corrected chi connectivity index (χ0v) is 24.4. The van der Waals surface area contributed by atoms with Crippen molar-refractivity contribution in [3.8, 4) is 28.3 Å². The number of hydrogen-bond acceptors (Lipinski definition) is 3. The summed E-state index contributed by atoms with van der Waals surface area (Å²) in [4.78, 5) is 10.2. The SMILES string of the molecule is Cc1cccc(C)c1-c1ccc2c(n1)oc1c(-c3nc4ccccc4n3-c3ccc(C(C)(C)C)cc3)ccc(C)c12. The van der Waals surface area contributed by atoms with Gasteiger partial charge in [-0.05, 0) is 90.9 Å². The van der Waals surface area contributed by atoms with Gasteiger partial charge in [-0.1, -0.05) is 69.3 Å². The zero-order valence-electron chi connectivity index (χ0n) is 24.4. The quantitative estimate of drug-likeness (QED) is 0.226. The molecule has 0 amide bonds. The molecule has 7 aromatic rings. The first kappa shape index (κ1) is 25.3. The molecule has 0 N–H and O–H groups in total. The van der Waals surface area contributed by atoms with Gasteiger partial charge >= 0.3 is 0 Å². The number of rotatable bonds is 3. The molecular formula is C37H33N3O. The average molecular weight is 536 g/mol. The minimum Gasteiger partial charge on any atom is -0.437 e. The molecule has 0 fully saturated rings. The van der Waals surface area contributed by atoms with E-state index in [1.54, 1.807) is 0 Å². The first-order chi connectivity index (χ1) is 19.7. The molecule has 4 nitrogen and oxygen atoms in total. The molecule has 0 aliphatic rings. The molecule has 0 saturated carbocycles. The molecule has 4 aromatic carbocycles. The summed E-state index contributed by atoms with van der Waals surface area (Å²) in [6.07, 6.45) is 0. The monoisotopic (exact) mass is 535 g/mol. The van der Waals surface area contributed by atoms with Crippen LogP contribution in [-0.2, 0) is 5.41 Å². The van der Waals surface area contributed by atoms with E-state index in [9.17, 15) is 0 Å². The van der Waals surface area contributed by atoms with Crippen molar-refractivity contribution in [2.45, 2.75) is 47.0 Å². The third-order valence-electron chi connectivity index (χ3n) is 8.22. The van der Waals surface area contributed by atoms with Crippen LogP contribution in [-0.4, -0.2) is 14.5 Å². The summed E-state index contributed by atoms with van der Waals surface area (Å²) in [6, 6.07) is 32.1. The predicted octanol–water partition coefficient (Wildman–Crippen LogP) is 9.88. The molecule has 3 heterocycles. The van der Waals surface area contributed by atoms with Gasteiger partial charge < -0.3 is 4.42 Å². The number of benzene rings is 4. The minimum atomic E-state index is 0.0818. The molecule has 3 aromatic heterocycles. The Kier molecular flexibility index (Phi) is 5.65. The van der Waals surface area contributed by atoms with Crippen molar-refractivity contribution in [3.05, 3.63) is 113 Å². The summed E-state index contributed by atoms with van der Waals surface area (Å²) >= 11 is 0. The molecular weight excluding hydrogens is 502 g/mol. The second kappa shape index (κ2) is 9.17. The summed E-state index contributed by atoms with van der Waals surface area (Å²) in [7, 11) is 0. The topological polar surface area (TPSA) is 43.9 Å². The fraction of sp³-hybridized carbons (Fsp3) is 0.189. The van der Waals surface area contributed by atoms with Crippen molar-refractivity contribution in [3.63, 3.8) is 0 Å². The lowest BCUT2D eigenvalue weighted by Gasteiger charge is -2.19. The van der Waals surface area contributed by atoms with Crippen LogP contribution in [0, 0.1) is 20.8 Å². The smallest absolute Gasteiger partial charge is 0.227 e. The Morgan fingerprint density at radius 3 is 2.15 bits per heavy atom. The predicted molar refractivity (Wildman–Crippen MR) is 170 cm³/mol. The van der Waals surface area contributed by atoms with E-state index in [0.29, 0.717) is 5.71 Å². The number of nitrogens with zero attached hydrogens (tertiary/aromatic N) is 3. The number of imidazole rings is 1. The Morgan fingerprint density at radius 1 is 0.683 bits per heavy atom. The Balaban J connectivity index is 1.48. The van der Waals surface area contributed by atoms with Gasteiger partial charge in [0.15, 0.2) is 0 Å². The van der Waals surface area contributed by atoms with Crippen molar-refractivity contribution in [1.82, 2.24) is 14.5 Å². The van der Waals surface area contributed by atoms with Crippen LogP contribution in [0.15, 0.2) is 95.4 Å². The summed E-state index contributed by atoms with van der Waals surface area (Å²) in [5, 5.41) is 2.10. The number of fused-ring (bicyclic) bond motifs is 4. The molecule has 0 radical (unpaired) electrons. The lowest BCUT2D eigenvalue weighted by molar-refractivity contribution is 0.590. The van der Waals surface area contributed by atoms with Crippen molar-refractivity contribution >= 4 is 33.1 Å². The van der Waals surface area contributed by atoms with Crippen LogP contribution in [0.25, 0.3) is 61.4 Å². The highest BCUT2D eigenvalue weighted by Crippen LogP contribution is 2.40. The minimum absolute atomic E-state index is 0.0818. The third kappa shape index (κ3) is 4.05. The zero-order chi connectivity index (χ0) is 28.5. The Morgan fingerprint density at radius 2 is 1.41 bits per heavy atom. The van der Waals surface area contributed by atoms with Gasteiger partial charge in [-0.2, -0.15) is 0 Å². The summed E-state index contributed by atoms with van der Waals surface area (Å²) < 4.78 is 8.89. The molecule has 0 atom stereocenters. The lowest BCUT2D eigenvalue weighted by atomic mass is 9.87. The summed E-state index contributed by atoms with van der Waals surface area (Å²) in [5.74, 6) is 0.855. The van der Waals surface area contributed by atoms with Gasteiger partial charge in [0.25, 0.3) is 0 Å². The van der Waals surface area contributed by atoms with Crippen LogP contribution >= 0.6 is 0 Å². The standard InChI is InChI=1S/C37H33N3O/c1-22-10-9-11-23(2)32(22)30-21-20-27-33-24(3)14-19-28(34(33)41-36(27)39-30)35-38-29-12-7-8-13-31(29)40(35)26-17-15-25(16-18-26)37(4,5)6/h7-21H,1-6H3. The van der Waals surface area contributed by atoms with Gasteiger partial charge in [0, 0.05) is 22.0 Å². The van der Waals surface area contributed by atoms with E-state index < -0.39 is 0 Å². The van der Waals surface area contributed by atoms with Crippen LogP contribution in [0.5, 0.6) is 0 Å². The Labute approximate surface area is 240 Å². The van der Waals surface area contributed by atoms with E-state index in [-0.39, 0.29) is 5.41 Å². The molecule has 202 valence electrons. The Bertz CT molecular complexity index is 2080. The normalized spacial score (nSPS) is 12.1. The molecule has 41 heavy (non-hydrogen) atoms. The van der Waals surface area contributed by atoms with E-state index >= 15 is 0 Å². The molecule has 0 aliphatic heterocycles. The average Bonchev–Trinajstić information content (AvgIpc) is 3.52. The van der Waals surface area contributed by atoms with E-state index in [0.717, 1.165) is 61.3 Å². The van der Waals surface area contributed by atoms with Crippen LogP contribution in [0.1, 0.15) is 43.0 Å². The van der Waals surface area contributed by atoms with E-state index in [2.05, 4.69) is 131 Å². The maximum absolute atomic E-state index is 6.65. The number of aryl methyl sites for hydroxylation is 3. The van der Waals surface area contributed by atoms with Crippen LogP contribution in [0.2, 0.25) is 0 Å². The molecule has 0 aliphatic carbocycles. The molecule has 0 bridgehead atoms. The van der Waals surface area contributed by atoms with Crippen molar-refractivity contribution < 1.29 is 4.42 Å². The number of furan rings is 1. The fourth-order valence-corrected chi connectivity index (χ4v) is 6.04. The number of para-hydroxylation sites is 2. The highest BCUT2D eigenvalue weighted by molar-refractivity contribution is 6.10. The van der Waals surface area contributed by atoms with E-state index in [1.165, 1.54) is 16.7 Å². The highest BCUT2D eigenvalue weighted by atomic mass is 16.3. The van der Waals surface area contributed by atoms with Crippen molar-refractivity contribution in [2.24, 2.45) is 0 Å². The largest absolute Gasteiger partial charge is 0.437 e. The Hall–Kier alpha value is -4.70. The molecule has 0 spiro atoms. The maximum atomic E-state index is 6.65. The van der Waals surface area contributed by atoms with Gasteiger partial charge in [-0.25, -0.2) is 9.97 Å². The molecule has 7 rings (SSSR count). The number of aromatic nitrogens is 3. The molecule has 0 saturated heterocycles. The number of hydrogen-bond donors (Lipinski definition) is 0. The first-order valence-electron chi connectivity index (χ1n) is 14.2. The van der Waals surface area contributed by atoms with E-state index in [4.69, 9.17) is 14.4 Å². The van der Waals surface area contributed by atoms with Gasteiger partial charge in [0.05, 0.1) is 22.3 Å². The lowest BCUT2D eigenvalue weighted by Crippen LogP contribution is -2.11. The van der Waals surface area contributed by atoms with Gasteiger partial charge in [-0.15, -0.1) is 0 Å². The maximum Gasteiger partial charge on any atom is 0.227 e. The second-order valence-electron chi connectivity index (χ2n) is 12.1. The van der Waals surface area contributed by atoms with Crippen LogP contribution in [0.3, 0.4) is 0 Å². The van der Waals surface area contributed by atoms with Gasteiger partial charge in [0.1, 0.15) is 11.4 Å². The van der Waals surface area contributed by atoms with E-state index in [1.807, 2.05) is 6.07 Å². The molecule has 4 heteroatoms. The summed E-state index contributed by atoms with van der Waals surface area (Å²) in [6.45, 7) is 13.1. The summed E-state index contributed by atoms with van der Waals surface area (Å²) in [5.41, 5.74) is 12.5. The first-order valence-corrected chi connectivity index (χ1v) is 14.2. The number of pyridine rings is 1. The third-order valence-corrected chi connectivity index (χ3v) is 8.22. The van der Waals surface area contributed by atoms with Crippen molar-refractivity contribution in [2.75, 3.05) is 0 Å². The highest BCUT2D eigenvalue weighted by Gasteiger charge is 2.22. The van der Waals surface area contributed by atoms with Crippen LogP contribution in [0.4, 0.5) is 0 Å².